The van der Waals surface area contributed by atoms with Crippen LogP contribution in [0, 0.1) is 11.1 Å². The Bertz CT molecular complexity index is 766. The van der Waals surface area contributed by atoms with Gasteiger partial charge in [0.05, 0.1) is 24.4 Å². The zero-order valence-corrected chi connectivity index (χ0v) is 13.6. The Balaban J connectivity index is 2.17. The zero-order valence-electron chi connectivity index (χ0n) is 17.6. The molecule has 3 aliphatic rings. The Hall–Kier alpha value is -1.48. The van der Waals surface area contributed by atoms with E-state index in [1.165, 1.54) is 6.92 Å². The molecule has 0 bridgehead atoms. The summed E-state index contributed by atoms with van der Waals surface area (Å²) in [5.41, 5.74) is -5.54. The van der Waals surface area contributed by atoms with E-state index in [-0.39, 0.29) is 13.0 Å². The van der Waals surface area contributed by atoms with Gasteiger partial charge in [0.2, 0.25) is 0 Å². The van der Waals surface area contributed by atoms with Crippen LogP contribution in [0.15, 0.2) is 11.6 Å². The highest BCUT2D eigenvalue weighted by Crippen LogP contribution is 2.40. The fourth-order valence-electron chi connectivity index (χ4n) is 3.25. The van der Waals surface area contributed by atoms with Crippen LogP contribution < -0.4 is 0 Å². The molecule has 2 N–H and O–H groups in total. The summed E-state index contributed by atoms with van der Waals surface area (Å²) in [7, 11) is 0. The number of rotatable bonds is 0. The first-order chi connectivity index (χ1) is 12.5. The monoisotopic (exact) mass is 345 g/mol. The van der Waals surface area contributed by atoms with E-state index in [0.717, 1.165) is 19.9 Å². The summed E-state index contributed by atoms with van der Waals surface area (Å²) >= 11 is 0. The number of hydrogen-bond donors (Lipinski definition) is 2. The fourth-order valence-corrected chi connectivity index (χ4v) is 3.25. The molecule has 6 atom stereocenters. The number of carbonyl (C=O) groups is 2. The molecule has 0 saturated carbocycles. The number of hydrogen-bond acceptors (Lipinski definition) is 7. The molecule has 2 unspecified atom stereocenters. The summed E-state index contributed by atoms with van der Waals surface area (Å²) in [6, 6.07) is -1.46. The van der Waals surface area contributed by atoms with Crippen LogP contribution in [-0.4, -0.2) is 69.7 Å². The van der Waals surface area contributed by atoms with Crippen LogP contribution in [0.4, 0.5) is 0 Å². The average Bonchev–Trinajstić information content (AvgIpc) is 2.98. The van der Waals surface area contributed by atoms with Crippen molar-refractivity contribution < 1.29 is 39.4 Å². The molecule has 8 nitrogen and oxygen atoms in total. The first-order valence-electron chi connectivity index (χ1n) is 9.70. The van der Waals surface area contributed by atoms with E-state index < -0.39 is 64.5 Å². The Morgan fingerprint density at radius 2 is 2.08 bits per heavy atom. The lowest BCUT2D eigenvalue weighted by Gasteiger charge is -2.40. The van der Waals surface area contributed by atoms with E-state index in [4.69, 9.17) is 15.0 Å². The normalized spacial score (nSPS) is 55.6. The van der Waals surface area contributed by atoms with E-state index in [0.29, 0.717) is 0 Å². The highest BCUT2D eigenvalue weighted by molar-refractivity contribution is 5.83. The third-order valence-corrected chi connectivity index (χ3v) is 5.41. The topological polar surface area (TPSA) is 116 Å². The summed E-state index contributed by atoms with van der Waals surface area (Å²) < 4.78 is 41.0. The lowest BCUT2D eigenvalue weighted by Crippen LogP contribution is -2.61. The first kappa shape index (κ1) is 12.8. The van der Waals surface area contributed by atoms with Gasteiger partial charge in [0.15, 0.2) is 17.7 Å². The largest absolute Gasteiger partial charge is 0.632 e. The SMILES string of the molecule is [2H]C1([2H])OC(=O)[C@](C)(O)[C@](C)(O)[C@@H](C)C(=O)OC2CC[N+]3([O-])[C@@H]2C1=CC3([2H])[2H]. The quantitative estimate of drug-likeness (QED) is 0.266. The summed E-state index contributed by atoms with van der Waals surface area (Å²) in [6.45, 7) is -2.65. The Labute approximate surface area is 145 Å². The molecular formula is C16H23NO7. The van der Waals surface area contributed by atoms with E-state index >= 15 is 0 Å². The molecule has 0 radical (unpaired) electrons. The van der Waals surface area contributed by atoms with Gasteiger partial charge in [-0.3, -0.25) is 4.79 Å². The van der Waals surface area contributed by atoms with Crippen LogP contribution >= 0.6 is 0 Å². The fraction of sp³-hybridized carbons (Fsp3) is 0.750. The second kappa shape index (κ2) is 5.26. The molecule has 0 aromatic heterocycles. The van der Waals surface area contributed by atoms with Crippen molar-refractivity contribution in [2.45, 2.75) is 50.5 Å². The number of ether oxygens (including phenoxy) is 2. The Morgan fingerprint density at radius 1 is 1.42 bits per heavy atom. The Morgan fingerprint density at radius 3 is 2.75 bits per heavy atom. The van der Waals surface area contributed by atoms with Gasteiger partial charge in [0, 0.05) is 12.0 Å². The van der Waals surface area contributed by atoms with Crippen molar-refractivity contribution in [2.24, 2.45) is 5.92 Å². The minimum absolute atomic E-state index is 0.0357. The van der Waals surface area contributed by atoms with Crippen molar-refractivity contribution in [3.63, 3.8) is 0 Å². The van der Waals surface area contributed by atoms with E-state index in [1.54, 1.807) is 0 Å². The van der Waals surface area contributed by atoms with Gasteiger partial charge in [-0.2, -0.15) is 0 Å². The second-order valence-electron chi connectivity index (χ2n) is 6.89. The molecule has 0 aromatic carbocycles. The molecule has 2 saturated heterocycles. The predicted molar refractivity (Wildman–Crippen MR) is 81.1 cm³/mol. The molecular weight excluding hydrogens is 318 g/mol. The number of aliphatic hydroxyl groups is 2. The van der Waals surface area contributed by atoms with E-state index in [1.807, 2.05) is 0 Å². The molecule has 134 valence electrons. The van der Waals surface area contributed by atoms with Crippen LogP contribution in [0.5, 0.6) is 0 Å². The third-order valence-electron chi connectivity index (χ3n) is 5.41. The molecule has 0 aromatic rings. The van der Waals surface area contributed by atoms with Gasteiger partial charge in [-0.05, 0) is 26.8 Å². The van der Waals surface area contributed by atoms with Crippen molar-refractivity contribution >= 4 is 11.9 Å². The summed E-state index contributed by atoms with van der Waals surface area (Å²) in [6.07, 6.45) is -0.457. The number of esters is 2. The average molecular weight is 345 g/mol. The van der Waals surface area contributed by atoms with Gasteiger partial charge in [0.1, 0.15) is 12.2 Å². The molecule has 0 aliphatic carbocycles. The van der Waals surface area contributed by atoms with E-state index in [2.05, 4.69) is 0 Å². The molecule has 0 amide bonds. The minimum Gasteiger partial charge on any atom is -0.632 e. The smallest absolute Gasteiger partial charge is 0.341 e. The number of nitrogens with zero attached hydrogens (tertiary/aromatic N) is 1. The van der Waals surface area contributed by atoms with Gasteiger partial charge in [-0.1, -0.05) is 0 Å². The molecule has 2 fully saturated rings. The summed E-state index contributed by atoms with van der Waals surface area (Å²) in [5, 5.41) is 34.5. The van der Waals surface area contributed by atoms with Crippen molar-refractivity contribution in [3.05, 3.63) is 16.9 Å². The molecule has 3 heterocycles. The van der Waals surface area contributed by atoms with E-state index in [9.17, 15) is 25.0 Å². The van der Waals surface area contributed by atoms with Gasteiger partial charge in [-0.25, -0.2) is 4.79 Å². The number of cyclic esters (lactones) is 1. The van der Waals surface area contributed by atoms with Crippen molar-refractivity contribution in [1.29, 1.82) is 0 Å². The van der Waals surface area contributed by atoms with Crippen molar-refractivity contribution in [1.82, 2.24) is 0 Å². The van der Waals surface area contributed by atoms with Gasteiger partial charge in [-0.15, -0.1) is 0 Å². The number of quaternary nitrogens is 1. The minimum atomic E-state index is -2.97. The number of carbonyl (C=O) groups excluding carboxylic acids is 2. The van der Waals surface area contributed by atoms with Gasteiger partial charge < -0.3 is 29.5 Å². The molecule has 0 spiro atoms. The van der Waals surface area contributed by atoms with Gasteiger partial charge in [0.25, 0.3) is 0 Å². The van der Waals surface area contributed by atoms with Gasteiger partial charge >= 0.3 is 11.9 Å². The van der Waals surface area contributed by atoms with Crippen molar-refractivity contribution in [2.75, 3.05) is 19.6 Å². The molecule has 8 heteroatoms. The standard InChI is InChI=1S/C16H23NO7/c1-9-13(18)24-11-5-7-17(22)6-4-10(12(11)17)8-23-14(19)16(3,21)15(9,2)20/h4,9,11-12,20-21H,5-8H2,1-3H3/t9-,11?,12+,15+,16-,17?/m0/s1/i6D2,8D2. The molecule has 24 heavy (non-hydrogen) atoms. The first-order valence-corrected chi connectivity index (χ1v) is 7.70. The molecule has 3 aliphatic heterocycles. The third kappa shape index (κ3) is 2.28. The van der Waals surface area contributed by atoms with Crippen LogP contribution in [-0.2, 0) is 19.1 Å². The lowest BCUT2D eigenvalue weighted by molar-refractivity contribution is -0.877. The van der Waals surface area contributed by atoms with Crippen LogP contribution in [0.2, 0.25) is 0 Å². The lowest BCUT2D eigenvalue weighted by atomic mass is 9.76. The summed E-state index contributed by atoms with van der Waals surface area (Å²) in [4.78, 5) is 25.1. The summed E-state index contributed by atoms with van der Waals surface area (Å²) in [5.74, 6) is -4.00. The maximum absolute atomic E-state index is 13.2. The maximum atomic E-state index is 13.2. The Kier molecular flexibility index (Phi) is 2.81. The highest BCUT2D eigenvalue weighted by Gasteiger charge is 2.57. The highest BCUT2D eigenvalue weighted by atomic mass is 16.6. The predicted octanol–water partition coefficient (Wildman–Crippen LogP) is -0.380. The second-order valence-corrected chi connectivity index (χ2v) is 6.89. The van der Waals surface area contributed by atoms with Crippen LogP contribution in [0.1, 0.15) is 32.7 Å². The van der Waals surface area contributed by atoms with Crippen molar-refractivity contribution in [3.8, 4) is 0 Å². The van der Waals surface area contributed by atoms with Crippen LogP contribution in [0.25, 0.3) is 0 Å². The maximum Gasteiger partial charge on any atom is 0.341 e. The number of hydroxylamine groups is 3. The zero-order chi connectivity index (χ0) is 21.5. The molecule has 3 rings (SSSR count). The van der Waals surface area contributed by atoms with Crippen LogP contribution in [0.3, 0.4) is 0 Å².